The average molecular weight is 445 g/mol. The van der Waals surface area contributed by atoms with Gasteiger partial charge in [-0.15, -0.1) is 0 Å². The first-order valence-corrected chi connectivity index (χ1v) is 10.3. The highest BCUT2D eigenvalue weighted by Crippen LogP contribution is 2.29. The lowest BCUT2D eigenvalue weighted by molar-refractivity contribution is 0.442. The lowest BCUT2D eigenvalue weighted by Gasteiger charge is -2.09. The molecule has 3 aromatic carbocycles. The highest BCUT2D eigenvalue weighted by molar-refractivity contribution is 5.64. The maximum atomic E-state index is 14.5. The number of hydrogen-bond acceptors (Lipinski definition) is 3. The Morgan fingerprint density at radius 1 is 0.727 bits per heavy atom. The molecule has 2 heterocycles. The number of aromatic nitrogens is 3. The highest BCUT2D eigenvalue weighted by atomic mass is 19.2. The van der Waals surface area contributed by atoms with E-state index in [0.29, 0.717) is 23.5 Å². The maximum Gasteiger partial charge on any atom is 0.219 e. The number of halogens is 3. The topological polar surface area (TPSA) is 50.4 Å². The molecule has 164 valence electrons. The van der Waals surface area contributed by atoms with Gasteiger partial charge in [-0.3, -0.25) is 4.40 Å². The van der Waals surface area contributed by atoms with Crippen molar-refractivity contribution in [1.29, 1.82) is 0 Å². The van der Waals surface area contributed by atoms with Crippen LogP contribution in [-0.4, -0.2) is 19.5 Å². The van der Waals surface area contributed by atoms with E-state index in [1.165, 1.54) is 34.9 Å². The summed E-state index contributed by atoms with van der Waals surface area (Å²) >= 11 is 0. The normalized spacial score (nSPS) is 11.2. The van der Waals surface area contributed by atoms with Crippen molar-refractivity contribution in [2.24, 2.45) is 0 Å². The van der Waals surface area contributed by atoms with Gasteiger partial charge in [0.15, 0.2) is 17.3 Å². The second kappa shape index (κ2) is 8.43. The van der Waals surface area contributed by atoms with Gasteiger partial charge in [0, 0.05) is 24.6 Å². The van der Waals surface area contributed by atoms with Crippen LogP contribution in [-0.2, 0) is 12.8 Å². The number of aromatic hydroxyl groups is 1. The van der Waals surface area contributed by atoms with Gasteiger partial charge in [-0.1, -0.05) is 48.5 Å². The van der Waals surface area contributed by atoms with Gasteiger partial charge in [0.25, 0.3) is 0 Å². The third-order valence-corrected chi connectivity index (χ3v) is 5.45. The number of rotatable bonds is 5. The molecule has 0 spiro atoms. The van der Waals surface area contributed by atoms with Gasteiger partial charge in [-0.2, -0.15) is 0 Å². The van der Waals surface area contributed by atoms with Crippen molar-refractivity contribution in [2.75, 3.05) is 0 Å². The molecule has 5 aromatic rings. The lowest BCUT2D eigenvalue weighted by Crippen LogP contribution is -2.02. The minimum Gasteiger partial charge on any atom is -0.493 e. The molecule has 0 fully saturated rings. The monoisotopic (exact) mass is 445 g/mol. The van der Waals surface area contributed by atoms with Gasteiger partial charge < -0.3 is 5.11 Å². The Morgan fingerprint density at radius 3 is 2.18 bits per heavy atom. The van der Waals surface area contributed by atoms with Crippen LogP contribution < -0.4 is 0 Å². The van der Waals surface area contributed by atoms with E-state index >= 15 is 0 Å². The zero-order valence-corrected chi connectivity index (χ0v) is 17.3. The smallest absolute Gasteiger partial charge is 0.219 e. The largest absolute Gasteiger partial charge is 0.493 e. The molecule has 1 N–H and O–H groups in total. The van der Waals surface area contributed by atoms with Crippen molar-refractivity contribution in [1.82, 2.24) is 14.4 Å². The molecular weight excluding hydrogens is 427 g/mol. The fourth-order valence-electron chi connectivity index (χ4n) is 3.80. The van der Waals surface area contributed by atoms with Gasteiger partial charge in [-0.05, 0) is 35.4 Å². The van der Waals surface area contributed by atoms with E-state index in [1.54, 1.807) is 12.1 Å². The lowest BCUT2D eigenvalue weighted by atomic mass is 10.1. The molecule has 0 aliphatic heterocycles. The van der Waals surface area contributed by atoms with Gasteiger partial charge in [0.05, 0.1) is 11.4 Å². The summed E-state index contributed by atoms with van der Waals surface area (Å²) in [6.07, 6.45) is 2.09. The Balaban J connectivity index is 1.67. The van der Waals surface area contributed by atoms with Crippen LogP contribution in [0.25, 0.3) is 16.9 Å². The number of hydrogen-bond donors (Lipinski definition) is 1. The fourth-order valence-corrected chi connectivity index (χ4v) is 3.80. The molecule has 0 saturated carbocycles. The zero-order valence-electron chi connectivity index (χ0n) is 17.3. The highest BCUT2D eigenvalue weighted by Gasteiger charge is 2.20. The van der Waals surface area contributed by atoms with Gasteiger partial charge in [0.2, 0.25) is 5.88 Å². The third-order valence-electron chi connectivity index (χ3n) is 5.45. The molecule has 2 aromatic heterocycles. The quantitative estimate of drug-likeness (QED) is 0.378. The number of imidazole rings is 1. The Hall–Kier alpha value is -4.13. The molecule has 0 aliphatic carbocycles. The average Bonchev–Trinajstić information content (AvgIpc) is 3.13. The van der Waals surface area contributed by atoms with E-state index in [2.05, 4.69) is 9.97 Å². The standard InChI is InChI=1S/C26H18F3N3O/c27-18-11-9-17(10-12-18)14-22-26(33)32-15-23(19-7-4-8-20(28)24(19)29)30-21(25(32)31-22)13-16-5-2-1-3-6-16/h1-12,15,33H,13-14H2. The molecule has 0 atom stereocenters. The summed E-state index contributed by atoms with van der Waals surface area (Å²) < 4.78 is 43.1. The van der Waals surface area contributed by atoms with Crippen molar-refractivity contribution >= 4 is 5.65 Å². The van der Waals surface area contributed by atoms with Crippen LogP contribution in [0.4, 0.5) is 13.2 Å². The first-order valence-electron chi connectivity index (χ1n) is 10.3. The molecule has 0 bridgehead atoms. The maximum absolute atomic E-state index is 14.5. The summed E-state index contributed by atoms with van der Waals surface area (Å²) in [5, 5.41) is 10.9. The number of benzene rings is 3. The third kappa shape index (κ3) is 4.05. The number of nitrogens with zero attached hydrogens (tertiary/aromatic N) is 3. The predicted octanol–water partition coefficient (Wildman–Crippen LogP) is 5.70. The van der Waals surface area contributed by atoms with E-state index in [9.17, 15) is 18.3 Å². The summed E-state index contributed by atoms with van der Waals surface area (Å²) in [6.45, 7) is 0. The number of fused-ring (bicyclic) bond motifs is 1. The van der Waals surface area contributed by atoms with Gasteiger partial charge in [0.1, 0.15) is 11.5 Å². The molecular formula is C26H18F3N3O. The molecule has 7 heteroatoms. The zero-order chi connectivity index (χ0) is 22.9. The van der Waals surface area contributed by atoms with Gasteiger partial charge in [-0.25, -0.2) is 23.1 Å². The second-order valence-electron chi connectivity index (χ2n) is 7.72. The SMILES string of the molecule is Oc1c(Cc2ccc(F)cc2)nc2c(Cc3ccccc3)nc(-c3cccc(F)c3F)cn12. The van der Waals surface area contributed by atoms with Crippen LogP contribution >= 0.6 is 0 Å². The van der Waals surface area contributed by atoms with Crippen molar-refractivity contribution in [3.05, 3.63) is 119 Å². The van der Waals surface area contributed by atoms with Crippen LogP contribution in [0, 0.1) is 17.5 Å². The Morgan fingerprint density at radius 2 is 1.42 bits per heavy atom. The first-order chi connectivity index (χ1) is 16.0. The van der Waals surface area contributed by atoms with Crippen molar-refractivity contribution in [3.63, 3.8) is 0 Å². The summed E-state index contributed by atoms with van der Waals surface area (Å²) in [6, 6.07) is 19.3. The molecule has 0 unspecified atom stereocenters. The molecule has 0 aliphatic rings. The van der Waals surface area contributed by atoms with Crippen LogP contribution in [0.5, 0.6) is 5.88 Å². The Kier molecular flexibility index (Phi) is 5.30. The van der Waals surface area contributed by atoms with Crippen LogP contribution in [0.2, 0.25) is 0 Å². The Bertz CT molecular complexity index is 1450. The van der Waals surface area contributed by atoms with E-state index in [-0.39, 0.29) is 29.4 Å². The van der Waals surface area contributed by atoms with Crippen molar-refractivity contribution in [2.45, 2.75) is 12.8 Å². The van der Waals surface area contributed by atoms with E-state index in [0.717, 1.165) is 17.2 Å². The summed E-state index contributed by atoms with van der Waals surface area (Å²) in [4.78, 5) is 9.18. The van der Waals surface area contributed by atoms with Crippen molar-refractivity contribution in [3.8, 4) is 17.1 Å². The minimum absolute atomic E-state index is 0.0144. The van der Waals surface area contributed by atoms with E-state index in [4.69, 9.17) is 0 Å². The summed E-state index contributed by atoms with van der Waals surface area (Å²) in [7, 11) is 0. The van der Waals surface area contributed by atoms with Crippen LogP contribution in [0.1, 0.15) is 22.5 Å². The molecule has 0 saturated heterocycles. The minimum atomic E-state index is -1.01. The summed E-state index contributed by atoms with van der Waals surface area (Å²) in [5.41, 5.74) is 3.16. The van der Waals surface area contributed by atoms with Crippen molar-refractivity contribution < 1.29 is 18.3 Å². The Labute approximate surface area is 187 Å². The molecule has 0 radical (unpaired) electrons. The van der Waals surface area contributed by atoms with Crippen LogP contribution in [0.15, 0.2) is 79.0 Å². The summed E-state index contributed by atoms with van der Waals surface area (Å²) in [5.74, 6) is -2.48. The molecule has 5 rings (SSSR count). The molecule has 33 heavy (non-hydrogen) atoms. The van der Waals surface area contributed by atoms with Crippen LogP contribution in [0.3, 0.4) is 0 Å². The van der Waals surface area contributed by atoms with Gasteiger partial charge >= 0.3 is 0 Å². The predicted molar refractivity (Wildman–Crippen MR) is 118 cm³/mol. The molecule has 4 nitrogen and oxygen atoms in total. The molecule has 0 amide bonds. The first kappa shape index (κ1) is 20.8. The second-order valence-corrected chi connectivity index (χ2v) is 7.72. The van der Waals surface area contributed by atoms with E-state index in [1.807, 2.05) is 30.3 Å². The van der Waals surface area contributed by atoms with E-state index < -0.39 is 11.6 Å². The fraction of sp³-hybridized carbons (Fsp3) is 0.0769.